The lowest BCUT2D eigenvalue weighted by Gasteiger charge is -2.22. The van der Waals surface area contributed by atoms with E-state index in [1.54, 1.807) is 0 Å². The molecular formula is C12H21IN2. The first-order valence-corrected chi connectivity index (χ1v) is 6.06. The van der Waals surface area contributed by atoms with Gasteiger partial charge in [0.25, 0.3) is 0 Å². The molecule has 0 aromatic rings. The van der Waals surface area contributed by atoms with Crippen LogP contribution in [0.4, 0.5) is 0 Å². The van der Waals surface area contributed by atoms with E-state index in [9.17, 15) is 0 Å². The first-order valence-electron chi connectivity index (χ1n) is 4.98. The summed E-state index contributed by atoms with van der Waals surface area (Å²) in [5.74, 6) is 0. The molecule has 0 saturated heterocycles. The van der Waals surface area contributed by atoms with Crippen LogP contribution in [0.1, 0.15) is 34.6 Å². The standard InChI is InChI=1S/C12H21IN2/c1-11(2,3)9(14-6)8-10(15-7)12(4,5)13/h8H,6H2,1-5,7H3/b9-8-,15-10+. The van der Waals surface area contributed by atoms with Crippen LogP contribution in [0.15, 0.2) is 21.8 Å². The van der Waals surface area contributed by atoms with Crippen molar-refractivity contribution in [1.29, 1.82) is 0 Å². The predicted octanol–water partition coefficient (Wildman–Crippen LogP) is 3.90. The van der Waals surface area contributed by atoms with Gasteiger partial charge in [-0.3, -0.25) is 9.98 Å². The summed E-state index contributed by atoms with van der Waals surface area (Å²) in [5, 5.41) is 0. The molecule has 0 heterocycles. The number of aliphatic imine (C=N–C) groups is 2. The summed E-state index contributed by atoms with van der Waals surface area (Å²) in [6.45, 7) is 14.3. The van der Waals surface area contributed by atoms with Gasteiger partial charge in [-0.25, -0.2) is 0 Å². The first-order chi connectivity index (χ1) is 6.62. The maximum Gasteiger partial charge on any atom is 0.0582 e. The highest BCUT2D eigenvalue weighted by Gasteiger charge is 2.22. The van der Waals surface area contributed by atoms with Gasteiger partial charge in [-0.15, -0.1) is 0 Å². The van der Waals surface area contributed by atoms with Gasteiger partial charge in [0, 0.05) is 18.2 Å². The number of allylic oxidation sites excluding steroid dienone is 2. The second kappa shape index (κ2) is 5.23. The number of halogens is 1. The van der Waals surface area contributed by atoms with Gasteiger partial charge in [-0.05, 0) is 26.6 Å². The summed E-state index contributed by atoms with van der Waals surface area (Å²) < 4.78 is 0.0215. The molecule has 0 radical (unpaired) electrons. The minimum absolute atomic E-state index is 0.0135. The Balaban J connectivity index is 5.26. The topological polar surface area (TPSA) is 24.7 Å². The summed E-state index contributed by atoms with van der Waals surface area (Å²) in [4.78, 5) is 8.39. The zero-order valence-electron chi connectivity index (χ0n) is 10.6. The molecule has 15 heavy (non-hydrogen) atoms. The highest BCUT2D eigenvalue weighted by atomic mass is 127. The molecule has 0 unspecified atom stereocenters. The van der Waals surface area contributed by atoms with Crippen LogP contribution >= 0.6 is 22.6 Å². The molecule has 0 aromatic heterocycles. The van der Waals surface area contributed by atoms with E-state index in [1.165, 1.54) is 0 Å². The van der Waals surface area contributed by atoms with E-state index in [-0.39, 0.29) is 8.84 Å². The molecule has 0 bridgehead atoms. The minimum Gasteiger partial charge on any atom is -0.292 e. The summed E-state index contributed by atoms with van der Waals surface area (Å²) >= 11 is 2.38. The molecule has 0 aliphatic heterocycles. The van der Waals surface area contributed by atoms with Gasteiger partial charge < -0.3 is 0 Å². The summed E-state index contributed by atoms with van der Waals surface area (Å²) in [6.07, 6.45) is 2.04. The molecule has 0 aliphatic carbocycles. The van der Waals surface area contributed by atoms with E-state index < -0.39 is 0 Å². The number of nitrogens with zero attached hydrogens (tertiary/aromatic N) is 2. The Labute approximate surface area is 107 Å². The third kappa shape index (κ3) is 4.91. The van der Waals surface area contributed by atoms with Crippen molar-refractivity contribution >= 4 is 35.0 Å². The Bertz CT molecular complexity index is 288. The van der Waals surface area contributed by atoms with Crippen LogP contribution in [0.3, 0.4) is 0 Å². The van der Waals surface area contributed by atoms with Gasteiger partial charge >= 0.3 is 0 Å². The van der Waals surface area contributed by atoms with Gasteiger partial charge in [0.2, 0.25) is 0 Å². The number of hydrogen-bond donors (Lipinski definition) is 0. The molecule has 0 N–H and O–H groups in total. The average Bonchev–Trinajstić information content (AvgIpc) is 2.01. The molecule has 0 aliphatic rings. The lowest BCUT2D eigenvalue weighted by atomic mass is 9.90. The molecule has 0 atom stereocenters. The first kappa shape index (κ1) is 14.8. The molecule has 0 spiro atoms. The monoisotopic (exact) mass is 320 g/mol. The fourth-order valence-corrected chi connectivity index (χ4v) is 1.53. The zero-order chi connectivity index (χ0) is 12.3. The third-order valence-corrected chi connectivity index (χ3v) is 2.61. The largest absolute Gasteiger partial charge is 0.292 e. The summed E-state index contributed by atoms with van der Waals surface area (Å²) in [5.41, 5.74) is 2.04. The Morgan fingerprint density at radius 1 is 1.20 bits per heavy atom. The molecule has 86 valence electrons. The fraction of sp³-hybridized carbons (Fsp3) is 0.667. The average molecular weight is 320 g/mol. The Hall–Kier alpha value is -0.190. The third-order valence-electron chi connectivity index (χ3n) is 2.06. The molecule has 3 heteroatoms. The molecule has 0 rings (SSSR count). The van der Waals surface area contributed by atoms with E-state index in [2.05, 4.69) is 73.9 Å². The van der Waals surface area contributed by atoms with Gasteiger partial charge in [-0.2, -0.15) is 0 Å². The van der Waals surface area contributed by atoms with E-state index >= 15 is 0 Å². The van der Waals surface area contributed by atoms with E-state index in [4.69, 9.17) is 0 Å². The van der Waals surface area contributed by atoms with Crippen LogP contribution in [0, 0.1) is 5.41 Å². The van der Waals surface area contributed by atoms with Gasteiger partial charge in [0.1, 0.15) is 0 Å². The maximum atomic E-state index is 4.31. The molecule has 0 aromatic carbocycles. The second-order valence-corrected chi connectivity index (χ2v) is 7.72. The Morgan fingerprint density at radius 2 is 1.67 bits per heavy atom. The quantitative estimate of drug-likeness (QED) is 0.428. The van der Waals surface area contributed by atoms with E-state index in [0.29, 0.717) is 0 Å². The molecule has 2 nitrogen and oxygen atoms in total. The molecule has 0 amide bonds. The van der Waals surface area contributed by atoms with Gasteiger partial charge in [0.15, 0.2) is 0 Å². The van der Waals surface area contributed by atoms with Crippen molar-refractivity contribution in [2.24, 2.45) is 15.4 Å². The second-order valence-electron chi connectivity index (χ2n) is 5.02. The number of alkyl halides is 1. The lowest BCUT2D eigenvalue weighted by Crippen LogP contribution is -2.23. The van der Waals surface area contributed by atoms with Crippen LogP contribution in [0.5, 0.6) is 0 Å². The van der Waals surface area contributed by atoms with E-state index in [1.807, 2.05) is 13.1 Å². The highest BCUT2D eigenvalue weighted by Crippen LogP contribution is 2.28. The van der Waals surface area contributed by atoms with Crippen molar-refractivity contribution < 1.29 is 0 Å². The number of hydrogen-bond acceptors (Lipinski definition) is 2. The Kier molecular flexibility index (Phi) is 5.17. The minimum atomic E-state index is 0.0135. The summed E-state index contributed by atoms with van der Waals surface area (Å²) in [6, 6.07) is 0. The van der Waals surface area contributed by atoms with Crippen LogP contribution in [0.2, 0.25) is 0 Å². The van der Waals surface area contributed by atoms with Crippen LogP contribution in [0.25, 0.3) is 0 Å². The van der Waals surface area contributed by atoms with Gasteiger partial charge in [0.05, 0.1) is 9.13 Å². The molecule has 0 fully saturated rings. The normalized spacial score (nSPS) is 15.4. The fourth-order valence-electron chi connectivity index (χ4n) is 1.13. The lowest BCUT2D eigenvalue weighted by molar-refractivity contribution is 0.499. The smallest absolute Gasteiger partial charge is 0.0582 e. The Morgan fingerprint density at radius 3 is 1.87 bits per heavy atom. The zero-order valence-corrected chi connectivity index (χ0v) is 12.7. The van der Waals surface area contributed by atoms with Crippen LogP contribution < -0.4 is 0 Å². The molecule has 0 saturated carbocycles. The van der Waals surface area contributed by atoms with Crippen molar-refractivity contribution in [2.45, 2.75) is 38.0 Å². The van der Waals surface area contributed by atoms with Crippen molar-refractivity contribution in [1.82, 2.24) is 0 Å². The number of rotatable bonds is 3. The van der Waals surface area contributed by atoms with Crippen molar-refractivity contribution in [3.05, 3.63) is 11.8 Å². The maximum absolute atomic E-state index is 4.31. The molecular weight excluding hydrogens is 299 g/mol. The predicted molar refractivity (Wildman–Crippen MR) is 78.5 cm³/mol. The summed E-state index contributed by atoms with van der Waals surface area (Å²) in [7, 11) is 1.82. The van der Waals surface area contributed by atoms with E-state index in [0.717, 1.165) is 11.4 Å². The van der Waals surface area contributed by atoms with Crippen molar-refractivity contribution in [3.63, 3.8) is 0 Å². The van der Waals surface area contributed by atoms with Gasteiger partial charge in [-0.1, -0.05) is 43.4 Å². The van der Waals surface area contributed by atoms with Crippen molar-refractivity contribution in [3.8, 4) is 0 Å². The van der Waals surface area contributed by atoms with Crippen LogP contribution in [-0.2, 0) is 0 Å². The highest BCUT2D eigenvalue weighted by molar-refractivity contribution is 14.1. The SMILES string of the molecule is C=N/C(=C\C(=N/C)C(C)(C)I)C(C)(C)C. The van der Waals surface area contributed by atoms with Crippen LogP contribution in [-0.4, -0.2) is 22.9 Å². The van der Waals surface area contributed by atoms with Crippen molar-refractivity contribution in [2.75, 3.05) is 7.05 Å².